The smallest absolute Gasteiger partial charge is 0.250 e. The Balaban J connectivity index is 1.37. The van der Waals surface area contributed by atoms with Gasteiger partial charge in [-0.2, -0.15) is 0 Å². The number of fused-ring (bicyclic) bond motifs is 1. The molecule has 10 nitrogen and oxygen atoms in total. The van der Waals surface area contributed by atoms with Crippen LogP contribution in [0.5, 0.6) is 11.5 Å². The summed E-state index contributed by atoms with van der Waals surface area (Å²) in [4.78, 5) is 44.3. The number of rotatable bonds is 10. The minimum atomic E-state index is -1.26. The highest BCUT2D eigenvalue weighted by molar-refractivity contribution is 6.05. The second-order valence-corrected chi connectivity index (χ2v) is 11.7. The Labute approximate surface area is 256 Å². The van der Waals surface area contributed by atoms with Crippen molar-refractivity contribution in [3.05, 3.63) is 84.4 Å². The van der Waals surface area contributed by atoms with Gasteiger partial charge in [0.05, 0.1) is 43.8 Å². The van der Waals surface area contributed by atoms with E-state index >= 15 is 0 Å². The zero-order chi connectivity index (χ0) is 31.1. The van der Waals surface area contributed by atoms with Gasteiger partial charge < -0.3 is 34.9 Å². The summed E-state index contributed by atoms with van der Waals surface area (Å²) >= 11 is 0. The lowest BCUT2D eigenvalue weighted by atomic mass is 9.66. The molecule has 3 aliphatic rings. The molecule has 3 saturated heterocycles. The molecule has 3 aromatic rings. The lowest BCUT2D eigenvalue weighted by Crippen LogP contribution is -2.54. The number of carbonyl (C=O) groups excluding carboxylic acids is 3. The van der Waals surface area contributed by atoms with E-state index in [0.717, 1.165) is 0 Å². The van der Waals surface area contributed by atoms with Crippen LogP contribution in [-0.4, -0.2) is 65.3 Å². The van der Waals surface area contributed by atoms with Gasteiger partial charge >= 0.3 is 0 Å². The fraction of sp³-hybridized carbons (Fsp3) is 0.382. The molecule has 2 bridgehead atoms. The number of methoxy groups -OCH3 is 1. The molecule has 3 amide bonds. The molecule has 3 fully saturated rings. The summed E-state index contributed by atoms with van der Waals surface area (Å²) in [5.74, 6) is -1.65. The van der Waals surface area contributed by atoms with Gasteiger partial charge in [0.25, 0.3) is 0 Å². The van der Waals surface area contributed by atoms with Crippen LogP contribution in [0, 0.1) is 11.8 Å². The predicted octanol–water partition coefficient (Wildman–Crippen LogP) is 4.17. The van der Waals surface area contributed by atoms with Crippen molar-refractivity contribution in [3.63, 3.8) is 0 Å². The van der Waals surface area contributed by atoms with Crippen molar-refractivity contribution in [2.75, 3.05) is 31.0 Å². The molecule has 3 aliphatic heterocycles. The Morgan fingerprint density at radius 2 is 1.57 bits per heavy atom. The van der Waals surface area contributed by atoms with Crippen molar-refractivity contribution in [2.24, 2.45) is 11.8 Å². The van der Waals surface area contributed by atoms with Gasteiger partial charge in [-0.05, 0) is 80.8 Å². The van der Waals surface area contributed by atoms with E-state index in [1.165, 1.54) is 4.90 Å². The van der Waals surface area contributed by atoms with Crippen molar-refractivity contribution in [3.8, 4) is 11.5 Å². The normalized spacial score (nSPS) is 27.5. The number of hydrogen-bond acceptors (Lipinski definition) is 7. The molecule has 0 saturated carbocycles. The molecular weight excluding hydrogens is 562 g/mol. The SMILES string of the molecule is CCOc1ccc(NC(=O)[C@@H]2[C@H]3C(=O)N([C@H](CO)c4ccccc4)C(C(=O)Nc4ccc(OC)cc4)C34CC[C@@]2(C)O4)cc1. The molecular formula is C34H37N3O7. The van der Waals surface area contributed by atoms with E-state index in [1.807, 2.05) is 44.2 Å². The van der Waals surface area contributed by atoms with E-state index in [9.17, 15) is 19.5 Å². The molecule has 3 aromatic carbocycles. The zero-order valence-corrected chi connectivity index (χ0v) is 25.0. The molecule has 0 radical (unpaired) electrons. The minimum Gasteiger partial charge on any atom is -0.497 e. The van der Waals surface area contributed by atoms with Crippen molar-refractivity contribution in [1.82, 2.24) is 4.90 Å². The van der Waals surface area contributed by atoms with E-state index in [2.05, 4.69) is 10.6 Å². The molecule has 2 unspecified atom stereocenters. The molecule has 0 aromatic heterocycles. The maximum Gasteiger partial charge on any atom is 0.250 e. The number of ether oxygens (including phenoxy) is 3. The maximum absolute atomic E-state index is 14.6. The fourth-order valence-electron chi connectivity index (χ4n) is 7.34. The molecule has 3 N–H and O–H groups in total. The highest BCUT2D eigenvalue weighted by atomic mass is 16.5. The van der Waals surface area contributed by atoms with E-state index in [1.54, 1.807) is 55.6 Å². The largest absolute Gasteiger partial charge is 0.497 e. The van der Waals surface area contributed by atoms with E-state index < -0.39 is 53.5 Å². The number of aliphatic hydroxyl groups excluding tert-OH is 1. The van der Waals surface area contributed by atoms with Gasteiger partial charge in [0.2, 0.25) is 17.7 Å². The molecule has 3 heterocycles. The van der Waals surface area contributed by atoms with Crippen molar-refractivity contribution >= 4 is 29.1 Å². The zero-order valence-electron chi connectivity index (χ0n) is 25.0. The highest BCUT2D eigenvalue weighted by Gasteiger charge is 2.78. The number of carbonyl (C=O) groups is 3. The molecule has 1 spiro atoms. The Morgan fingerprint density at radius 1 is 0.955 bits per heavy atom. The van der Waals surface area contributed by atoms with E-state index in [-0.39, 0.29) is 5.91 Å². The van der Waals surface area contributed by atoms with Crippen LogP contribution in [0.1, 0.15) is 38.3 Å². The molecule has 0 aliphatic carbocycles. The topological polar surface area (TPSA) is 126 Å². The van der Waals surface area contributed by atoms with Gasteiger partial charge in [0, 0.05) is 11.4 Å². The first-order valence-corrected chi connectivity index (χ1v) is 14.9. The summed E-state index contributed by atoms with van der Waals surface area (Å²) in [6, 6.07) is 21.1. The standard InChI is InChI=1S/C34H37N3O7/c1-4-43-25-16-12-22(13-17-25)35-30(39)27-28-32(41)37(26(20-38)21-8-6-5-7-9-21)29(34(28)19-18-33(27,2)44-34)31(40)36-23-10-14-24(42-3)15-11-23/h5-17,26-29,38H,4,18-20H2,1-3H3,(H,35,39)(H,36,40)/t26-,27+,28+,29?,33-,34?/m1/s1. The Kier molecular flexibility index (Phi) is 7.81. The van der Waals surface area contributed by atoms with Crippen LogP contribution in [0.2, 0.25) is 0 Å². The number of amides is 3. The Morgan fingerprint density at radius 3 is 2.16 bits per heavy atom. The van der Waals surface area contributed by atoms with Gasteiger partial charge in [-0.25, -0.2) is 0 Å². The third-order valence-electron chi connectivity index (χ3n) is 9.23. The lowest BCUT2D eigenvalue weighted by Gasteiger charge is -2.37. The summed E-state index contributed by atoms with van der Waals surface area (Å²) < 4.78 is 17.5. The fourth-order valence-corrected chi connectivity index (χ4v) is 7.34. The summed E-state index contributed by atoms with van der Waals surface area (Å²) in [5.41, 5.74) is -0.453. The van der Waals surface area contributed by atoms with Gasteiger partial charge in [-0.1, -0.05) is 30.3 Å². The third kappa shape index (κ3) is 4.88. The Hall–Kier alpha value is -4.41. The van der Waals surface area contributed by atoms with Crippen LogP contribution in [0.3, 0.4) is 0 Å². The number of benzene rings is 3. The average Bonchev–Trinajstić information content (AvgIpc) is 3.60. The van der Waals surface area contributed by atoms with Crippen molar-refractivity contribution in [2.45, 2.75) is 50.0 Å². The molecule has 6 atom stereocenters. The van der Waals surface area contributed by atoms with Crippen LogP contribution < -0.4 is 20.1 Å². The molecule has 6 rings (SSSR count). The highest BCUT2D eigenvalue weighted by Crippen LogP contribution is 2.64. The number of hydrogen-bond donors (Lipinski definition) is 3. The second kappa shape index (κ2) is 11.6. The predicted molar refractivity (Wildman–Crippen MR) is 163 cm³/mol. The number of likely N-dealkylation sites (tertiary alicyclic amines) is 1. The first kappa shape index (κ1) is 29.7. The van der Waals surface area contributed by atoms with Crippen molar-refractivity contribution in [1.29, 1.82) is 0 Å². The lowest BCUT2D eigenvalue weighted by molar-refractivity contribution is -0.147. The number of aliphatic hydroxyl groups is 1. The monoisotopic (exact) mass is 599 g/mol. The first-order chi connectivity index (χ1) is 21.2. The maximum atomic E-state index is 14.6. The number of nitrogens with one attached hydrogen (secondary N) is 2. The van der Waals surface area contributed by atoms with Crippen LogP contribution in [0.25, 0.3) is 0 Å². The summed E-state index contributed by atoms with van der Waals surface area (Å²) in [5, 5.41) is 16.6. The van der Waals surface area contributed by atoms with Crippen LogP contribution >= 0.6 is 0 Å². The number of anilines is 2. The quantitative estimate of drug-likeness (QED) is 0.319. The van der Waals surface area contributed by atoms with Crippen molar-refractivity contribution < 1.29 is 33.7 Å². The van der Waals surface area contributed by atoms with Gasteiger partial charge in [0.1, 0.15) is 23.1 Å². The van der Waals surface area contributed by atoms with Crippen LogP contribution in [0.4, 0.5) is 11.4 Å². The summed E-state index contributed by atoms with van der Waals surface area (Å²) in [6.45, 7) is 3.86. The minimum absolute atomic E-state index is 0.354. The molecule has 230 valence electrons. The second-order valence-electron chi connectivity index (χ2n) is 11.7. The Bertz CT molecular complexity index is 1530. The molecule has 10 heteroatoms. The van der Waals surface area contributed by atoms with E-state index in [0.29, 0.717) is 47.9 Å². The average molecular weight is 600 g/mol. The summed E-state index contributed by atoms with van der Waals surface area (Å²) in [6.07, 6.45) is 0.907. The van der Waals surface area contributed by atoms with Gasteiger partial charge in [-0.15, -0.1) is 0 Å². The van der Waals surface area contributed by atoms with Gasteiger partial charge in [-0.3, -0.25) is 14.4 Å². The number of nitrogens with zero attached hydrogens (tertiary/aromatic N) is 1. The van der Waals surface area contributed by atoms with Gasteiger partial charge in [0.15, 0.2) is 0 Å². The van der Waals surface area contributed by atoms with Crippen LogP contribution in [0.15, 0.2) is 78.9 Å². The summed E-state index contributed by atoms with van der Waals surface area (Å²) in [7, 11) is 1.56. The molecule has 44 heavy (non-hydrogen) atoms. The van der Waals surface area contributed by atoms with Crippen LogP contribution in [-0.2, 0) is 19.1 Å². The first-order valence-electron chi connectivity index (χ1n) is 14.9. The third-order valence-corrected chi connectivity index (χ3v) is 9.23. The van der Waals surface area contributed by atoms with E-state index in [4.69, 9.17) is 14.2 Å².